The molecule has 1 aliphatic carbocycles. The van der Waals surface area contributed by atoms with Crippen molar-refractivity contribution in [2.75, 3.05) is 0 Å². The van der Waals surface area contributed by atoms with Gasteiger partial charge in [0.15, 0.2) is 0 Å². The van der Waals surface area contributed by atoms with Crippen LogP contribution in [-0.4, -0.2) is 6.11 Å². The molecule has 1 fully saturated rings. The molecule has 1 aliphatic rings. The van der Waals surface area contributed by atoms with Crippen molar-refractivity contribution in [2.45, 2.75) is 64.4 Å². The molecule has 0 aliphatic heterocycles. The lowest BCUT2D eigenvalue weighted by molar-refractivity contribution is -0.222. The number of ether oxygens (including phenoxy) is 1. The van der Waals surface area contributed by atoms with Crippen LogP contribution in [0.25, 0.3) is 10.8 Å². The van der Waals surface area contributed by atoms with Gasteiger partial charge < -0.3 is 4.74 Å². The number of benzene rings is 2. The fourth-order valence-electron chi connectivity index (χ4n) is 4.05. The van der Waals surface area contributed by atoms with Crippen LogP contribution in [0.4, 0.5) is 13.2 Å². The lowest BCUT2D eigenvalue weighted by Gasteiger charge is -2.32. The number of alkyl halides is 2. The van der Waals surface area contributed by atoms with Crippen LogP contribution in [0.15, 0.2) is 43.0 Å². The molecule has 1 nitrogen and oxygen atoms in total. The third-order valence-electron chi connectivity index (χ3n) is 5.86. The van der Waals surface area contributed by atoms with Gasteiger partial charge in [-0.2, -0.15) is 8.78 Å². The Labute approximate surface area is 165 Å². The summed E-state index contributed by atoms with van der Waals surface area (Å²) in [6.07, 6.45) is 4.70. The zero-order chi connectivity index (χ0) is 20.1. The SMILES string of the molecule is C=CC1CCC(C(F)(F)Oc2ccc3cc(CCCCC)c(F)cc3c2)CC1. The number of fused-ring (bicyclic) bond motifs is 1. The summed E-state index contributed by atoms with van der Waals surface area (Å²) in [7, 11) is 0. The molecule has 0 aromatic heterocycles. The van der Waals surface area contributed by atoms with Crippen molar-refractivity contribution in [1.82, 2.24) is 0 Å². The van der Waals surface area contributed by atoms with Gasteiger partial charge in [0.2, 0.25) is 0 Å². The molecule has 0 heterocycles. The third-order valence-corrected chi connectivity index (χ3v) is 5.86. The van der Waals surface area contributed by atoms with Gasteiger partial charge in [0.25, 0.3) is 0 Å². The smallest absolute Gasteiger partial charge is 0.400 e. The molecule has 0 saturated heterocycles. The average molecular weight is 390 g/mol. The summed E-state index contributed by atoms with van der Waals surface area (Å²) in [5.41, 5.74) is 0.680. The lowest BCUT2D eigenvalue weighted by Crippen LogP contribution is -2.37. The molecule has 0 spiro atoms. The molecule has 2 aromatic rings. The minimum atomic E-state index is -3.22. The van der Waals surface area contributed by atoms with Crippen molar-refractivity contribution in [2.24, 2.45) is 11.8 Å². The highest BCUT2D eigenvalue weighted by atomic mass is 19.3. The molecule has 0 bridgehead atoms. The summed E-state index contributed by atoms with van der Waals surface area (Å²) in [6.45, 7) is 5.86. The van der Waals surface area contributed by atoms with E-state index in [1.54, 1.807) is 12.1 Å². The molecule has 0 unspecified atom stereocenters. The Bertz CT molecular complexity index is 807. The number of halogens is 3. The van der Waals surface area contributed by atoms with Crippen molar-refractivity contribution >= 4 is 10.8 Å². The van der Waals surface area contributed by atoms with Crippen molar-refractivity contribution in [3.63, 3.8) is 0 Å². The zero-order valence-electron chi connectivity index (χ0n) is 16.5. The second-order valence-electron chi connectivity index (χ2n) is 7.92. The zero-order valence-corrected chi connectivity index (χ0v) is 16.5. The predicted octanol–water partition coefficient (Wildman–Crippen LogP) is 7.68. The van der Waals surface area contributed by atoms with E-state index < -0.39 is 12.0 Å². The topological polar surface area (TPSA) is 9.23 Å². The molecular formula is C24H29F3O. The Morgan fingerprint density at radius 1 is 1.07 bits per heavy atom. The van der Waals surface area contributed by atoms with Gasteiger partial charge in [-0.15, -0.1) is 6.58 Å². The van der Waals surface area contributed by atoms with Crippen LogP contribution in [0.3, 0.4) is 0 Å². The Morgan fingerprint density at radius 3 is 2.50 bits per heavy atom. The lowest BCUT2D eigenvalue weighted by atomic mass is 9.81. The van der Waals surface area contributed by atoms with Crippen LogP contribution in [0.2, 0.25) is 0 Å². The minimum absolute atomic E-state index is 0.0847. The first kappa shape index (κ1) is 20.8. The Morgan fingerprint density at radius 2 is 1.82 bits per heavy atom. The Hall–Kier alpha value is -1.97. The van der Waals surface area contributed by atoms with Crippen LogP contribution in [0, 0.1) is 17.7 Å². The predicted molar refractivity (Wildman–Crippen MR) is 108 cm³/mol. The standard InChI is InChI=1S/C24H29F3O/c1-3-5-6-7-19-14-18-10-13-22(15-20(18)16-23(19)25)28-24(26,27)21-11-8-17(4-2)9-12-21/h4,10,13-17,21H,2-3,5-9,11-12H2,1H3. The maximum absolute atomic E-state index is 14.6. The maximum atomic E-state index is 14.6. The number of hydrogen-bond donors (Lipinski definition) is 0. The van der Waals surface area contributed by atoms with E-state index in [2.05, 4.69) is 13.5 Å². The molecule has 1 saturated carbocycles. The quantitative estimate of drug-likeness (QED) is 0.332. The second-order valence-corrected chi connectivity index (χ2v) is 7.92. The first-order valence-corrected chi connectivity index (χ1v) is 10.3. The molecule has 4 heteroatoms. The highest BCUT2D eigenvalue weighted by Crippen LogP contribution is 2.40. The summed E-state index contributed by atoms with van der Waals surface area (Å²) >= 11 is 0. The van der Waals surface area contributed by atoms with Gasteiger partial charge in [0.1, 0.15) is 11.6 Å². The van der Waals surface area contributed by atoms with Crippen molar-refractivity contribution in [3.05, 3.63) is 54.4 Å². The number of allylic oxidation sites excluding steroid dienone is 1. The van der Waals surface area contributed by atoms with Crippen molar-refractivity contribution < 1.29 is 17.9 Å². The van der Waals surface area contributed by atoms with E-state index in [0.29, 0.717) is 36.1 Å². The van der Waals surface area contributed by atoms with Gasteiger partial charge >= 0.3 is 6.11 Å². The first-order valence-electron chi connectivity index (χ1n) is 10.3. The number of hydrogen-bond acceptors (Lipinski definition) is 1. The summed E-state index contributed by atoms with van der Waals surface area (Å²) in [5.74, 6) is -0.670. The third kappa shape index (κ3) is 4.89. The minimum Gasteiger partial charge on any atom is -0.432 e. The molecule has 0 amide bonds. The first-order chi connectivity index (χ1) is 13.4. The van der Waals surface area contributed by atoms with E-state index >= 15 is 0 Å². The number of rotatable bonds is 8. The van der Waals surface area contributed by atoms with E-state index in [1.807, 2.05) is 12.1 Å². The fraction of sp³-hybridized carbons (Fsp3) is 0.500. The second kappa shape index (κ2) is 9.02. The van der Waals surface area contributed by atoms with Crippen LogP contribution >= 0.6 is 0 Å². The van der Waals surface area contributed by atoms with Crippen LogP contribution in [-0.2, 0) is 6.42 Å². The summed E-state index contributed by atoms with van der Waals surface area (Å²) in [6, 6.07) is 8.05. The van der Waals surface area contributed by atoms with Crippen LogP contribution < -0.4 is 4.74 Å². The Balaban J connectivity index is 1.73. The molecule has 28 heavy (non-hydrogen) atoms. The molecule has 152 valence electrons. The highest BCUT2D eigenvalue weighted by Gasteiger charge is 2.43. The largest absolute Gasteiger partial charge is 0.432 e. The molecular weight excluding hydrogens is 361 g/mol. The van der Waals surface area contributed by atoms with Gasteiger partial charge in [-0.1, -0.05) is 31.9 Å². The van der Waals surface area contributed by atoms with Crippen molar-refractivity contribution in [1.29, 1.82) is 0 Å². The average Bonchev–Trinajstić information content (AvgIpc) is 2.68. The summed E-state index contributed by atoms with van der Waals surface area (Å²) in [5, 5.41) is 1.43. The Kier molecular flexibility index (Phi) is 6.69. The molecule has 3 rings (SSSR count). The van der Waals surface area contributed by atoms with E-state index in [9.17, 15) is 13.2 Å². The van der Waals surface area contributed by atoms with E-state index in [1.165, 1.54) is 12.1 Å². The van der Waals surface area contributed by atoms with E-state index in [4.69, 9.17) is 4.74 Å². The summed E-state index contributed by atoms with van der Waals surface area (Å²) < 4.78 is 48.7. The van der Waals surface area contributed by atoms with Crippen LogP contribution in [0.5, 0.6) is 5.75 Å². The van der Waals surface area contributed by atoms with Gasteiger partial charge in [-0.3, -0.25) is 0 Å². The van der Waals surface area contributed by atoms with Gasteiger partial charge in [0.05, 0.1) is 5.92 Å². The fourth-order valence-corrected chi connectivity index (χ4v) is 4.05. The molecule has 0 atom stereocenters. The molecule has 0 radical (unpaired) electrons. The normalized spacial score (nSPS) is 20.3. The number of unbranched alkanes of at least 4 members (excludes halogenated alkanes) is 2. The monoisotopic (exact) mass is 390 g/mol. The molecule has 0 N–H and O–H groups in total. The van der Waals surface area contributed by atoms with Crippen LogP contribution in [0.1, 0.15) is 57.4 Å². The van der Waals surface area contributed by atoms with Gasteiger partial charge in [-0.25, -0.2) is 4.39 Å². The molecule has 2 aromatic carbocycles. The van der Waals surface area contributed by atoms with Gasteiger partial charge in [0, 0.05) is 0 Å². The van der Waals surface area contributed by atoms with E-state index in [0.717, 1.165) is 37.5 Å². The van der Waals surface area contributed by atoms with Gasteiger partial charge in [-0.05, 0) is 85.0 Å². The highest BCUT2D eigenvalue weighted by molar-refractivity contribution is 5.84. The van der Waals surface area contributed by atoms with E-state index in [-0.39, 0.29) is 11.6 Å². The van der Waals surface area contributed by atoms with Crippen molar-refractivity contribution in [3.8, 4) is 5.75 Å². The number of aryl methyl sites for hydroxylation is 1. The maximum Gasteiger partial charge on any atom is 0.400 e. The summed E-state index contributed by atoms with van der Waals surface area (Å²) in [4.78, 5) is 0.